The summed E-state index contributed by atoms with van der Waals surface area (Å²) in [6.45, 7) is 2.54. The second-order valence-corrected chi connectivity index (χ2v) is 5.88. The van der Waals surface area contributed by atoms with E-state index in [1.165, 1.54) is 18.2 Å². The minimum Gasteiger partial charge on any atom is -0.370 e. The lowest BCUT2D eigenvalue weighted by molar-refractivity contribution is 0.378. The van der Waals surface area contributed by atoms with Crippen molar-refractivity contribution >= 4 is 11.6 Å². The Morgan fingerprint density at radius 2 is 1.60 bits per heavy atom. The number of hydrogen-bond acceptors (Lipinski definition) is 2. The topological polar surface area (TPSA) is 44.9 Å². The molecule has 1 aliphatic heterocycles. The molecule has 0 unspecified atom stereocenters. The molecule has 2 aromatic carbocycles. The molecule has 0 spiro atoms. The van der Waals surface area contributed by atoms with E-state index in [-0.39, 0.29) is 12.4 Å². The Morgan fingerprint density at radius 3 is 2.24 bits per heavy atom. The molecule has 1 aliphatic rings. The number of hydrogen-bond donors (Lipinski definition) is 1. The number of nitrogens with zero attached hydrogens (tertiary/aromatic N) is 3. The van der Waals surface area contributed by atoms with E-state index in [0.29, 0.717) is 43.4 Å². The van der Waals surface area contributed by atoms with Crippen molar-refractivity contribution in [2.45, 2.75) is 6.54 Å². The van der Waals surface area contributed by atoms with Gasteiger partial charge in [-0.3, -0.25) is 0 Å². The average molecular weight is 348 g/mol. The predicted molar refractivity (Wildman–Crippen MR) is 91.9 cm³/mol. The van der Waals surface area contributed by atoms with Crippen molar-refractivity contribution in [3.05, 3.63) is 65.5 Å². The molecule has 0 amide bonds. The second-order valence-electron chi connectivity index (χ2n) is 5.88. The molecule has 2 N–H and O–H groups in total. The fourth-order valence-electron chi connectivity index (χ4n) is 2.86. The number of rotatable bonds is 3. The van der Waals surface area contributed by atoms with Gasteiger partial charge in [0, 0.05) is 32.2 Å². The predicted octanol–water partition coefficient (Wildman–Crippen LogP) is 2.74. The first-order chi connectivity index (χ1) is 12.0. The van der Waals surface area contributed by atoms with Gasteiger partial charge in [0.1, 0.15) is 17.5 Å². The number of nitrogens with two attached hydrogens (primary N) is 1. The summed E-state index contributed by atoms with van der Waals surface area (Å²) < 4.78 is 40.2. The molecule has 1 heterocycles. The molecule has 0 bridgehead atoms. The smallest absolute Gasteiger partial charge is 0.191 e. The molecule has 0 atom stereocenters. The summed E-state index contributed by atoms with van der Waals surface area (Å²) in [5.74, 6) is -1.20. The summed E-state index contributed by atoms with van der Waals surface area (Å²) in [5.41, 5.74) is 6.98. The highest BCUT2D eigenvalue weighted by atomic mass is 19.1. The van der Waals surface area contributed by atoms with E-state index in [0.717, 1.165) is 6.07 Å². The SMILES string of the molecule is NC(=NCc1cc(F)cc(F)c1)N1CCN(c2ccccc2F)CC1. The fourth-order valence-corrected chi connectivity index (χ4v) is 2.86. The maximum Gasteiger partial charge on any atom is 0.191 e. The van der Waals surface area contributed by atoms with Crippen molar-refractivity contribution in [3.8, 4) is 0 Å². The van der Waals surface area contributed by atoms with Gasteiger partial charge in [0.2, 0.25) is 0 Å². The Morgan fingerprint density at radius 1 is 0.960 bits per heavy atom. The maximum absolute atomic E-state index is 13.8. The largest absolute Gasteiger partial charge is 0.370 e. The third-order valence-corrected chi connectivity index (χ3v) is 4.14. The zero-order valence-corrected chi connectivity index (χ0v) is 13.6. The molecule has 4 nitrogen and oxygen atoms in total. The van der Waals surface area contributed by atoms with Gasteiger partial charge < -0.3 is 15.5 Å². The Bertz CT molecular complexity index is 750. The monoisotopic (exact) mass is 348 g/mol. The first-order valence-electron chi connectivity index (χ1n) is 8.02. The first kappa shape index (κ1) is 17.1. The summed E-state index contributed by atoms with van der Waals surface area (Å²) in [4.78, 5) is 8.05. The van der Waals surface area contributed by atoms with E-state index >= 15 is 0 Å². The minimum absolute atomic E-state index is 0.105. The van der Waals surface area contributed by atoms with Gasteiger partial charge in [-0.1, -0.05) is 12.1 Å². The molecule has 25 heavy (non-hydrogen) atoms. The van der Waals surface area contributed by atoms with Crippen LogP contribution in [0.2, 0.25) is 0 Å². The van der Waals surface area contributed by atoms with Gasteiger partial charge in [-0.15, -0.1) is 0 Å². The van der Waals surface area contributed by atoms with Crippen molar-refractivity contribution in [2.75, 3.05) is 31.1 Å². The Hall–Kier alpha value is -2.70. The Kier molecular flexibility index (Phi) is 5.11. The fraction of sp³-hybridized carbons (Fsp3) is 0.278. The van der Waals surface area contributed by atoms with Crippen LogP contribution >= 0.6 is 0 Å². The number of para-hydroxylation sites is 1. The van der Waals surface area contributed by atoms with Crippen LogP contribution in [-0.2, 0) is 6.54 Å². The molecule has 7 heteroatoms. The normalized spacial score (nSPS) is 15.6. The van der Waals surface area contributed by atoms with Crippen LogP contribution in [0.5, 0.6) is 0 Å². The number of guanidine groups is 1. The zero-order valence-electron chi connectivity index (χ0n) is 13.6. The summed E-state index contributed by atoms with van der Waals surface area (Å²) in [6.07, 6.45) is 0. The van der Waals surface area contributed by atoms with Gasteiger partial charge in [-0.2, -0.15) is 0 Å². The van der Waals surface area contributed by atoms with Crippen LogP contribution in [0.15, 0.2) is 47.5 Å². The summed E-state index contributed by atoms with van der Waals surface area (Å²) in [7, 11) is 0. The molecule has 1 saturated heterocycles. The Balaban J connectivity index is 1.59. The molecule has 0 aromatic heterocycles. The molecule has 1 fully saturated rings. The molecular weight excluding hydrogens is 329 g/mol. The number of benzene rings is 2. The minimum atomic E-state index is -0.637. The third-order valence-electron chi connectivity index (χ3n) is 4.14. The third kappa shape index (κ3) is 4.23. The lowest BCUT2D eigenvalue weighted by atomic mass is 10.2. The number of anilines is 1. The van der Waals surface area contributed by atoms with Crippen LogP contribution in [-0.4, -0.2) is 37.0 Å². The van der Waals surface area contributed by atoms with E-state index in [9.17, 15) is 13.2 Å². The number of aliphatic imine (C=N–C) groups is 1. The summed E-state index contributed by atoms with van der Waals surface area (Å²) in [6, 6.07) is 9.94. The van der Waals surface area contributed by atoms with Gasteiger partial charge in [0.15, 0.2) is 5.96 Å². The van der Waals surface area contributed by atoms with Crippen LogP contribution < -0.4 is 10.6 Å². The number of piperazine rings is 1. The van der Waals surface area contributed by atoms with E-state index in [2.05, 4.69) is 4.99 Å². The van der Waals surface area contributed by atoms with Crippen LogP contribution in [0, 0.1) is 17.5 Å². The lowest BCUT2D eigenvalue weighted by Gasteiger charge is -2.36. The van der Waals surface area contributed by atoms with Crippen LogP contribution in [0.25, 0.3) is 0 Å². The first-order valence-corrected chi connectivity index (χ1v) is 8.02. The highest BCUT2D eigenvalue weighted by Crippen LogP contribution is 2.20. The maximum atomic E-state index is 13.8. The average Bonchev–Trinajstić information content (AvgIpc) is 2.59. The molecule has 0 saturated carbocycles. The molecule has 3 rings (SSSR count). The highest BCUT2D eigenvalue weighted by Gasteiger charge is 2.20. The van der Waals surface area contributed by atoms with Gasteiger partial charge >= 0.3 is 0 Å². The van der Waals surface area contributed by atoms with E-state index in [4.69, 9.17) is 5.73 Å². The van der Waals surface area contributed by atoms with Crippen molar-refractivity contribution in [1.82, 2.24) is 4.90 Å². The number of halogens is 3. The molecular formula is C18H19F3N4. The lowest BCUT2D eigenvalue weighted by Crippen LogP contribution is -2.51. The second kappa shape index (κ2) is 7.46. The van der Waals surface area contributed by atoms with E-state index < -0.39 is 11.6 Å². The van der Waals surface area contributed by atoms with Crippen LogP contribution in [0.4, 0.5) is 18.9 Å². The summed E-state index contributed by atoms with van der Waals surface area (Å²) >= 11 is 0. The van der Waals surface area contributed by atoms with Crippen molar-refractivity contribution in [3.63, 3.8) is 0 Å². The quantitative estimate of drug-likeness (QED) is 0.685. The van der Waals surface area contributed by atoms with Crippen LogP contribution in [0.1, 0.15) is 5.56 Å². The van der Waals surface area contributed by atoms with Gasteiger partial charge in [-0.05, 0) is 29.8 Å². The van der Waals surface area contributed by atoms with E-state index in [1.807, 2.05) is 9.80 Å². The summed E-state index contributed by atoms with van der Waals surface area (Å²) in [5, 5.41) is 0. The molecule has 0 aliphatic carbocycles. The highest BCUT2D eigenvalue weighted by molar-refractivity contribution is 5.78. The molecule has 2 aromatic rings. The van der Waals surface area contributed by atoms with E-state index in [1.54, 1.807) is 18.2 Å². The van der Waals surface area contributed by atoms with Crippen molar-refractivity contribution in [1.29, 1.82) is 0 Å². The molecule has 132 valence electrons. The van der Waals surface area contributed by atoms with Gasteiger partial charge in [0.05, 0.1) is 12.2 Å². The van der Waals surface area contributed by atoms with Gasteiger partial charge in [0.25, 0.3) is 0 Å². The van der Waals surface area contributed by atoms with Crippen molar-refractivity contribution < 1.29 is 13.2 Å². The molecule has 0 radical (unpaired) electrons. The van der Waals surface area contributed by atoms with Gasteiger partial charge in [-0.25, -0.2) is 18.2 Å². The standard InChI is InChI=1S/C18H19F3N4/c19-14-9-13(10-15(20)11-14)12-23-18(22)25-7-5-24(6-8-25)17-4-2-1-3-16(17)21/h1-4,9-11H,5-8,12H2,(H2,22,23). The Labute approximate surface area is 144 Å². The van der Waals surface area contributed by atoms with Crippen LogP contribution in [0.3, 0.4) is 0 Å². The van der Waals surface area contributed by atoms with Crippen molar-refractivity contribution in [2.24, 2.45) is 10.7 Å². The zero-order chi connectivity index (χ0) is 17.8.